The Bertz CT molecular complexity index is 750. The Morgan fingerprint density at radius 1 is 1.19 bits per heavy atom. The lowest BCUT2D eigenvalue weighted by Crippen LogP contribution is -2.42. The standard InChI is InChI=1S/C20H27N5O/c1-2-15-8-10-17(11-9-15)22-20(26)25-12-4-3-5-18(25)19-23-21-14-24(19)13-16-6-7-16/h8-11,14,16,18H,2-7,12-13H2,1H3,(H,22,26). The lowest BCUT2D eigenvalue weighted by molar-refractivity contribution is 0.157. The number of hydrogen-bond acceptors (Lipinski definition) is 3. The van der Waals surface area contributed by atoms with Gasteiger partial charge in [0.25, 0.3) is 0 Å². The largest absolute Gasteiger partial charge is 0.322 e. The number of nitrogens with one attached hydrogen (secondary N) is 1. The molecule has 2 amide bonds. The summed E-state index contributed by atoms with van der Waals surface area (Å²) in [5.74, 6) is 1.70. The number of amides is 2. The fourth-order valence-electron chi connectivity index (χ4n) is 3.70. The van der Waals surface area contributed by atoms with Gasteiger partial charge in [0.05, 0.1) is 6.04 Å². The lowest BCUT2D eigenvalue weighted by atomic mass is 10.0. The van der Waals surface area contributed by atoms with Gasteiger partial charge in [-0.3, -0.25) is 0 Å². The van der Waals surface area contributed by atoms with E-state index in [9.17, 15) is 4.79 Å². The monoisotopic (exact) mass is 353 g/mol. The molecule has 1 unspecified atom stereocenters. The van der Waals surface area contributed by atoms with Crippen molar-refractivity contribution in [2.45, 2.75) is 58.0 Å². The smallest absolute Gasteiger partial charge is 0.316 e. The summed E-state index contributed by atoms with van der Waals surface area (Å²) >= 11 is 0. The number of aromatic nitrogens is 3. The highest BCUT2D eigenvalue weighted by molar-refractivity contribution is 5.89. The molecule has 1 aliphatic carbocycles. The van der Waals surface area contributed by atoms with Crippen molar-refractivity contribution in [2.75, 3.05) is 11.9 Å². The Balaban J connectivity index is 1.49. The van der Waals surface area contributed by atoms with Crippen molar-refractivity contribution >= 4 is 11.7 Å². The zero-order valence-electron chi connectivity index (χ0n) is 15.4. The molecule has 1 aromatic heterocycles. The van der Waals surface area contributed by atoms with E-state index in [0.717, 1.165) is 56.2 Å². The van der Waals surface area contributed by atoms with E-state index in [-0.39, 0.29) is 12.1 Å². The van der Waals surface area contributed by atoms with Gasteiger partial charge in [0, 0.05) is 18.8 Å². The minimum atomic E-state index is -0.0417. The van der Waals surface area contributed by atoms with E-state index >= 15 is 0 Å². The number of benzene rings is 1. The predicted molar refractivity (Wildman–Crippen MR) is 101 cm³/mol. The van der Waals surface area contributed by atoms with Gasteiger partial charge < -0.3 is 14.8 Å². The molecule has 6 nitrogen and oxygen atoms in total. The first kappa shape index (κ1) is 17.1. The molecule has 4 rings (SSSR count). The molecule has 1 aromatic carbocycles. The molecule has 138 valence electrons. The predicted octanol–water partition coefficient (Wildman–Crippen LogP) is 4.01. The average molecular weight is 353 g/mol. The Morgan fingerprint density at radius 2 is 2.00 bits per heavy atom. The summed E-state index contributed by atoms with van der Waals surface area (Å²) in [6.45, 7) is 3.87. The topological polar surface area (TPSA) is 63.1 Å². The molecule has 0 spiro atoms. The second kappa shape index (κ2) is 7.48. The number of rotatable bonds is 5. The molecule has 1 N–H and O–H groups in total. The van der Waals surface area contributed by atoms with E-state index in [0.29, 0.717) is 0 Å². The highest BCUT2D eigenvalue weighted by atomic mass is 16.2. The first-order valence-electron chi connectivity index (χ1n) is 9.79. The van der Waals surface area contributed by atoms with Gasteiger partial charge in [-0.25, -0.2) is 4.79 Å². The molecule has 2 aliphatic rings. The van der Waals surface area contributed by atoms with Crippen molar-refractivity contribution in [3.63, 3.8) is 0 Å². The van der Waals surface area contributed by atoms with Gasteiger partial charge in [-0.05, 0) is 62.1 Å². The summed E-state index contributed by atoms with van der Waals surface area (Å²) in [7, 11) is 0. The second-order valence-corrected chi connectivity index (χ2v) is 7.47. The van der Waals surface area contributed by atoms with Crippen LogP contribution in [-0.2, 0) is 13.0 Å². The number of aryl methyl sites for hydroxylation is 1. The average Bonchev–Trinajstić information content (AvgIpc) is 3.37. The number of likely N-dealkylation sites (tertiary alicyclic amines) is 1. The molecule has 1 saturated carbocycles. The fourth-order valence-corrected chi connectivity index (χ4v) is 3.70. The van der Waals surface area contributed by atoms with Gasteiger partial charge in [-0.15, -0.1) is 10.2 Å². The normalized spacial score (nSPS) is 20.2. The Labute approximate surface area is 154 Å². The fraction of sp³-hybridized carbons (Fsp3) is 0.550. The van der Waals surface area contributed by atoms with E-state index in [1.165, 1.54) is 18.4 Å². The highest BCUT2D eigenvalue weighted by Gasteiger charge is 2.32. The van der Waals surface area contributed by atoms with Crippen molar-refractivity contribution in [1.82, 2.24) is 19.7 Å². The Kier molecular flexibility index (Phi) is 4.91. The Morgan fingerprint density at radius 3 is 2.73 bits per heavy atom. The summed E-state index contributed by atoms with van der Waals surface area (Å²) in [6.07, 6.45) is 8.51. The number of anilines is 1. The second-order valence-electron chi connectivity index (χ2n) is 7.47. The number of hydrogen-bond donors (Lipinski definition) is 1. The maximum absolute atomic E-state index is 12.9. The van der Waals surface area contributed by atoms with Gasteiger partial charge in [0.1, 0.15) is 6.33 Å². The van der Waals surface area contributed by atoms with Crippen LogP contribution in [-0.4, -0.2) is 32.2 Å². The van der Waals surface area contributed by atoms with Crippen LogP contribution in [0, 0.1) is 5.92 Å². The number of piperidine rings is 1. The molecular weight excluding hydrogens is 326 g/mol. The molecular formula is C20H27N5O. The summed E-state index contributed by atoms with van der Waals surface area (Å²) in [6, 6.07) is 8.06. The van der Waals surface area contributed by atoms with Crippen LogP contribution in [0.25, 0.3) is 0 Å². The van der Waals surface area contributed by atoms with Gasteiger partial charge in [-0.2, -0.15) is 0 Å². The van der Waals surface area contributed by atoms with Gasteiger partial charge in [0.2, 0.25) is 0 Å². The number of carbonyl (C=O) groups is 1. The van der Waals surface area contributed by atoms with E-state index < -0.39 is 0 Å². The number of urea groups is 1. The van der Waals surface area contributed by atoms with Crippen LogP contribution in [0.3, 0.4) is 0 Å². The third-order valence-electron chi connectivity index (χ3n) is 5.47. The molecule has 2 heterocycles. The first-order chi connectivity index (χ1) is 12.7. The van der Waals surface area contributed by atoms with Crippen molar-refractivity contribution in [1.29, 1.82) is 0 Å². The quantitative estimate of drug-likeness (QED) is 0.883. The molecule has 2 aromatic rings. The summed E-state index contributed by atoms with van der Waals surface area (Å²) in [4.78, 5) is 14.9. The van der Waals surface area contributed by atoms with Crippen molar-refractivity contribution in [3.8, 4) is 0 Å². The lowest BCUT2D eigenvalue weighted by Gasteiger charge is -2.35. The van der Waals surface area contributed by atoms with E-state index in [2.05, 4.69) is 39.1 Å². The van der Waals surface area contributed by atoms with E-state index in [1.807, 2.05) is 23.4 Å². The van der Waals surface area contributed by atoms with Gasteiger partial charge in [-0.1, -0.05) is 19.1 Å². The van der Waals surface area contributed by atoms with Crippen LogP contribution in [0.15, 0.2) is 30.6 Å². The van der Waals surface area contributed by atoms with Crippen LogP contribution in [0.1, 0.15) is 56.5 Å². The highest BCUT2D eigenvalue weighted by Crippen LogP contribution is 2.34. The molecule has 0 bridgehead atoms. The van der Waals surface area contributed by atoms with E-state index in [1.54, 1.807) is 0 Å². The molecule has 1 atom stereocenters. The van der Waals surface area contributed by atoms with Crippen LogP contribution in [0.5, 0.6) is 0 Å². The first-order valence-corrected chi connectivity index (χ1v) is 9.79. The third kappa shape index (κ3) is 3.74. The summed E-state index contributed by atoms with van der Waals surface area (Å²) in [5, 5.41) is 11.6. The molecule has 2 fully saturated rings. The zero-order valence-corrected chi connectivity index (χ0v) is 15.4. The maximum atomic E-state index is 12.9. The summed E-state index contributed by atoms with van der Waals surface area (Å²) in [5.41, 5.74) is 2.11. The van der Waals surface area contributed by atoms with Crippen LogP contribution in [0.4, 0.5) is 10.5 Å². The molecule has 1 aliphatic heterocycles. The molecule has 26 heavy (non-hydrogen) atoms. The maximum Gasteiger partial charge on any atom is 0.322 e. The Hall–Kier alpha value is -2.37. The molecule has 6 heteroatoms. The van der Waals surface area contributed by atoms with Crippen molar-refractivity contribution < 1.29 is 4.79 Å². The van der Waals surface area contributed by atoms with Crippen LogP contribution >= 0.6 is 0 Å². The number of nitrogens with zero attached hydrogens (tertiary/aromatic N) is 4. The van der Waals surface area contributed by atoms with Crippen molar-refractivity contribution in [3.05, 3.63) is 42.0 Å². The molecule has 1 saturated heterocycles. The third-order valence-corrected chi connectivity index (χ3v) is 5.47. The zero-order chi connectivity index (χ0) is 17.9. The SMILES string of the molecule is CCc1ccc(NC(=O)N2CCCCC2c2nncn2CC2CC2)cc1. The van der Waals surface area contributed by atoms with Crippen molar-refractivity contribution in [2.24, 2.45) is 5.92 Å². The minimum absolute atomic E-state index is 0.0138. The van der Waals surface area contributed by atoms with Crippen LogP contribution in [0.2, 0.25) is 0 Å². The number of carbonyl (C=O) groups excluding carboxylic acids is 1. The van der Waals surface area contributed by atoms with E-state index in [4.69, 9.17) is 0 Å². The van der Waals surface area contributed by atoms with Gasteiger partial charge >= 0.3 is 6.03 Å². The minimum Gasteiger partial charge on any atom is -0.316 e. The van der Waals surface area contributed by atoms with Gasteiger partial charge in [0.15, 0.2) is 5.82 Å². The van der Waals surface area contributed by atoms with Crippen LogP contribution < -0.4 is 5.32 Å². The summed E-state index contributed by atoms with van der Waals surface area (Å²) < 4.78 is 2.16. The molecule has 0 radical (unpaired) electrons.